The van der Waals surface area contributed by atoms with Crippen molar-refractivity contribution in [2.75, 3.05) is 24.6 Å². The summed E-state index contributed by atoms with van der Waals surface area (Å²) in [6.45, 7) is 3.65. The Morgan fingerprint density at radius 2 is 1.91 bits per heavy atom. The van der Waals surface area contributed by atoms with Crippen LogP contribution >= 0.6 is 0 Å². The third-order valence-corrected chi connectivity index (χ3v) is 6.83. The van der Waals surface area contributed by atoms with E-state index in [1.165, 1.54) is 0 Å². The van der Waals surface area contributed by atoms with Crippen molar-refractivity contribution < 1.29 is 23.0 Å². The van der Waals surface area contributed by atoms with Gasteiger partial charge in [0.05, 0.1) is 24.9 Å². The maximum Gasteiger partial charge on any atom is 0.202 e. The molecule has 8 nitrogen and oxygen atoms in total. The lowest BCUT2D eigenvalue weighted by Gasteiger charge is -2.41. The maximum atomic E-state index is 13.9. The number of nitrogens with one attached hydrogen (secondary N) is 1. The Morgan fingerprint density at radius 3 is 2.59 bits per heavy atom. The molecule has 2 saturated heterocycles. The molecule has 5 rings (SSSR count). The summed E-state index contributed by atoms with van der Waals surface area (Å²) in [4.78, 5) is 11.1. The number of fused-ring (bicyclic) bond motifs is 1. The van der Waals surface area contributed by atoms with Crippen LogP contribution in [0.4, 0.5) is 19.0 Å². The zero-order valence-electron chi connectivity index (χ0n) is 18.4. The fourth-order valence-corrected chi connectivity index (χ4v) is 4.69. The van der Waals surface area contributed by atoms with Crippen LogP contribution in [-0.2, 0) is 11.3 Å². The summed E-state index contributed by atoms with van der Waals surface area (Å²) in [7, 11) is 0. The van der Waals surface area contributed by atoms with Crippen LogP contribution in [0.2, 0.25) is 0 Å². The highest BCUT2D eigenvalue weighted by atomic mass is 19.2. The smallest absolute Gasteiger partial charge is 0.202 e. The Hall–Kier alpha value is -3.20. The second-order valence-corrected chi connectivity index (χ2v) is 8.81. The number of ether oxygens (including phenoxy) is 1. The lowest BCUT2D eigenvalue weighted by molar-refractivity contribution is 0.0973. The summed E-state index contributed by atoms with van der Waals surface area (Å²) >= 11 is 0. The monoisotopic (exact) mass is 472 g/mol. The van der Waals surface area contributed by atoms with E-state index in [-0.39, 0.29) is 46.6 Å². The molecule has 11 heteroatoms. The van der Waals surface area contributed by atoms with Crippen LogP contribution in [0, 0.1) is 34.7 Å². The van der Waals surface area contributed by atoms with Crippen LogP contribution in [0.5, 0.6) is 0 Å². The van der Waals surface area contributed by atoms with E-state index in [4.69, 9.17) is 10.5 Å². The molecule has 2 aliphatic rings. The molecule has 0 aliphatic carbocycles. The minimum absolute atomic E-state index is 0.0209. The Labute approximate surface area is 193 Å². The van der Waals surface area contributed by atoms with Gasteiger partial charge >= 0.3 is 0 Å². The van der Waals surface area contributed by atoms with Crippen molar-refractivity contribution in [1.29, 1.82) is 0 Å². The second kappa shape index (κ2) is 8.54. The quantitative estimate of drug-likeness (QED) is 0.386. The van der Waals surface area contributed by atoms with E-state index in [1.807, 2.05) is 6.92 Å². The third kappa shape index (κ3) is 3.77. The lowest BCUT2D eigenvalue weighted by atomic mass is 9.73. The number of halogens is 3. The topological polar surface area (TPSA) is 113 Å². The highest BCUT2D eigenvalue weighted by Gasteiger charge is 2.47. The SMILES string of the molecule is C[C@@H]1OCC2(CCN(c3nc4n[nH]c(C#Cc5cc(F)c(F)cc5F)c4nc3CO)CC2)[C@@H]1N. The molecule has 0 bridgehead atoms. The molecule has 0 radical (unpaired) electrons. The first-order valence-corrected chi connectivity index (χ1v) is 11.0. The highest BCUT2D eigenvalue weighted by Crippen LogP contribution is 2.42. The van der Waals surface area contributed by atoms with Gasteiger partial charge in [0.2, 0.25) is 5.65 Å². The zero-order chi connectivity index (χ0) is 24.0. The number of rotatable bonds is 2. The van der Waals surface area contributed by atoms with Crippen LogP contribution in [0.1, 0.15) is 36.7 Å². The average molecular weight is 472 g/mol. The number of piperidine rings is 1. The molecule has 0 amide bonds. The Morgan fingerprint density at radius 1 is 1.18 bits per heavy atom. The molecule has 2 fully saturated rings. The van der Waals surface area contributed by atoms with E-state index in [0.29, 0.717) is 43.3 Å². The van der Waals surface area contributed by atoms with Crippen molar-refractivity contribution >= 4 is 17.0 Å². The Balaban J connectivity index is 1.42. The van der Waals surface area contributed by atoms with E-state index in [9.17, 15) is 18.3 Å². The second-order valence-electron chi connectivity index (χ2n) is 8.81. The molecule has 4 N–H and O–H groups in total. The molecule has 2 atom stereocenters. The van der Waals surface area contributed by atoms with Crippen LogP contribution < -0.4 is 10.6 Å². The summed E-state index contributed by atoms with van der Waals surface area (Å²) in [5.41, 5.74) is 7.17. The van der Waals surface area contributed by atoms with Crippen molar-refractivity contribution in [1.82, 2.24) is 20.2 Å². The number of aromatic amines is 1. The molecule has 1 aromatic carbocycles. The van der Waals surface area contributed by atoms with Crippen molar-refractivity contribution in [3.05, 3.63) is 46.5 Å². The lowest BCUT2D eigenvalue weighted by Crippen LogP contribution is -2.51. The van der Waals surface area contributed by atoms with E-state index >= 15 is 0 Å². The largest absolute Gasteiger partial charge is 0.390 e. The molecule has 0 saturated carbocycles. The summed E-state index contributed by atoms with van der Waals surface area (Å²) < 4.78 is 46.2. The van der Waals surface area contributed by atoms with Crippen LogP contribution in [0.25, 0.3) is 11.2 Å². The minimum atomic E-state index is -1.29. The zero-order valence-corrected chi connectivity index (χ0v) is 18.4. The Kier molecular flexibility index (Phi) is 5.67. The van der Waals surface area contributed by atoms with Gasteiger partial charge in [-0.05, 0) is 31.8 Å². The molecule has 2 aromatic heterocycles. The molecule has 0 unspecified atom stereocenters. The van der Waals surface area contributed by atoms with E-state index < -0.39 is 17.5 Å². The van der Waals surface area contributed by atoms with Crippen LogP contribution in [0.3, 0.4) is 0 Å². The van der Waals surface area contributed by atoms with Crippen molar-refractivity contribution in [2.24, 2.45) is 11.1 Å². The number of hydrogen-bond donors (Lipinski definition) is 3. The van der Waals surface area contributed by atoms with Gasteiger partial charge in [0.25, 0.3) is 0 Å². The predicted octanol–water partition coefficient (Wildman–Crippen LogP) is 1.99. The molecular weight excluding hydrogens is 449 g/mol. The van der Waals surface area contributed by atoms with E-state index in [0.717, 1.165) is 12.8 Å². The molecule has 3 aromatic rings. The number of nitrogens with two attached hydrogens (primary N) is 1. The van der Waals surface area contributed by atoms with Crippen molar-refractivity contribution in [2.45, 2.75) is 38.5 Å². The first kappa shape index (κ1) is 22.6. The van der Waals surface area contributed by atoms with Crippen molar-refractivity contribution in [3.63, 3.8) is 0 Å². The minimum Gasteiger partial charge on any atom is -0.390 e. The number of aromatic nitrogens is 4. The normalized spacial score (nSPS) is 21.8. The summed E-state index contributed by atoms with van der Waals surface area (Å²) in [5.74, 6) is 2.16. The van der Waals surface area contributed by atoms with Gasteiger partial charge in [-0.1, -0.05) is 5.92 Å². The number of hydrogen-bond acceptors (Lipinski definition) is 7. The average Bonchev–Trinajstić information content (AvgIpc) is 3.36. The third-order valence-electron chi connectivity index (χ3n) is 6.83. The molecule has 34 heavy (non-hydrogen) atoms. The van der Waals surface area contributed by atoms with E-state index in [2.05, 4.69) is 36.9 Å². The van der Waals surface area contributed by atoms with Gasteiger partial charge in [-0.3, -0.25) is 5.10 Å². The standard InChI is InChI=1S/C23H23F3N6O2/c1-12-20(27)23(11-34-12)4-6-32(7-5-23)22-18(10-33)28-19-17(30-31-21(19)29-22)3-2-13-8-15(25)16(26)9-14(13)24/h8-9,12,20,33H,4-7,10-11,27H2,1H3,(H,29,30,31)/t12-,20+/m0/s1. The van der Waals surface area contributed by atoms with Gasteiger partial charge in [0.15, 0.2) is 17.5 Å². The van der Waals surface area contributed by atoms with Crippen molar-refractivity contribution in [3.8, 4) is 11.8 Å². The number of nitrogens with zero attached hydrogens (tertiary/aromatic N) is 4. The van der Waals surface area contributed by atoms with E-state index in [1.54, 1.807) is 0 Å². The van der Waals surface area contributed by atoms with Gasteiger partial charge in [-0.25, -0.2) is 23.1 Å². The van der Waals surface area contributed by atoms with Crippen LogP contribution in [-0.4, -0.2) is 57.1 Å². The number of aliphatic hydroxyl groups is 1. The van der Waals surface area contributed by atoms with Gasteiger partial charge in [-0.2, -0.15) is 5.10 Å². The fraction of sp³-hybridized carbons (Fsp3) is 0.435. The maximum absolute atomic E-state index is 13.9. The Bertz CT molecular complexity index is 1310. The molecule has 2 aliphatic heterocycles. The summed E-state index contributed by atoms with van der Waals surface area (Å²) in [6.07, 6.45) is 1.69. The number of H-pyrrole nitrogens is 1. The highest BCUT2D eigenvalue weighted by molar-refractivity contribution is 5.78. The predicted molar refractivity (Wildman–Crippen MR) is 117 cm³/mol. The van der Waals surface area contributed by atoms with Gasteiger partial charge in [0.1, 0.15) is 22.7 Å². The van der Waals surface area contributed by atoms with Gasteiger partial charge < -0.3 is 20.5 Å². The molecule has 1 spiro atoms. The molecular formula is C23H23F3N6O2. The summed E-state index contributed by atoms with van der Waals surface area (Å²) in [6, 6.07) is 1.10. The molecule has 178 valence electrons. The first-order valence-electron chi connectivity index (χ1n) is 11.0. The van der Waals surface area contributed by atoms with Crippen LogP contribution in [0.15, 0.2) is 12.1 Å². The van der Waals surface area contributed by atoms with Gasteiger partial charge in [-0.15, -0.1) is 0 Å². The fourth-order valence-electron chi connectivity index (χ4n) is 4.69. The number of aliphatic hydroxyl groups excluding tert-OH is 1. The van der Waals surface area contributed by atoms with Gasteiger partial charge in [0, 0.05) is 30.6 Å². The number of anilines is 1. The number of benzene rings is 1. The summed E-state index contributed by atoms with van der Waals surface area (Å²) in [5, 5.41) is 16.8. The first-order chi connectivity index (χ1) is 16.3. The molecule has 4 heterocycles.